The number of amides is 2. The van der Waals surface area contributed by atoms with E-state index in [1.165, 1.54) is 11.3 Å². The lowest BCUT2D eigenvalue weighted by Gasteiger charge is -2.11. The number of benzene rings is 1. The average molecular weight is 388 g/mol. The number of carbonyl (C=O) groups excluding carboxylic acids is 2. The molecular formula is C19H25N5O2S. The molecule has 1 fully saturated rings. The first-order chi connectivity index (χ1) is 12.9. The highest BCUT2D eigenvalue weighted by molar-refractivity contribution is 7.13. The SMILES string of the molecule is Cc1nc(CC(C)C)sc1C(=O)NNC(=O)C1CC(c2ccccc2)NN1. The van der Waals surface area contributed by atoms with Crippen molar-refractivity contribution >= 4 is 23.2 Å². The van der Waals surface area contributed by atoms with Crippen molar-refractivity contribution in [2.75, 3.05) is 0 Å². The van der Waals surface area contributed by atoms with Crippen LogP contribution in [0.2, 0.25) is 0 Å². The van der Waals surface area contributed by atoms with Crippen LogP contribution in [0.25, 0.3) is 0 Å². The molecule has 27 heavy (non-hydrogen) atoms. The van der Waals surface area contributed by atoms with Gasteiger partial charge in [0.15, 0.2) is 0 Å². The van der Waals surface area contributed by atoms with Crippen molar-refractivity contribution in [3.63, 3.8) is 0 Å². The van der Waals surface area contributed by atoms with Crippen molar-refractivity contribution in [3.05, 3.63) is 51.5 Å². The fraction of sp³-hybridized carbons (Fsp3) is 0.421. The number of carbonyl (C=O) groups is 2. The topological polar surface area (TPSA) is 95.2 Å². The molecule has 2 aromatic rings. The molecule has 2 amide bonds. The maximum atomic E-state index is 12.4. The minimum absolute atomic E-state index is 0.0555. The van der Waals surface area contributed by atoms with Crippen molar-refractivity contribution < 1.29 is 9.59 Å². The molecule has 1 saturated heterocycles. The van der Waals surface area contributed by atoms with Crippen LogP contribution >= 0.6 is 11.3 Å². The maximum absolute atomic E-state index is 12.4. The highest BCUT2D eigenvalue weighted by Crippen LogP contribution is 2.22. The summed E-state index contributed by atoms with van der Waals surface area (Å²) in [5, 5.41) is 0.936. The monoisotopic (exact) mass is 387 g/mol. The molecule has 0 aliphatic carbocycles. The van der Waals surface area contributed by atoms with Crippen LogP contribution in [0.3, 0.4) is 0 Å². The van der Waals surface area contributed by atoms with Gasteiger partial charge in [-0.2, -0.15) is 0 Å². The van der Waals surface area contributed by atoms with E-state index in [9.17, 15) is 9.59 Å². The summed E-state index contributed by atoms with van der Waals surface area (Å²) in [6, 6.07) is 9.56. The van der Waals surface area contributed by atoms with Crippen molar-refractivity contribution in [1.82, 2.24) is 26.7 Å². The smallest absolute Gasteiger partial charge is 0.271 e. The predicted octanol–water partition coefficient (Wildman–Crippen LogP) is 2.02. The molecule has 0 radical (unpaired) electrons. The van der Waals surface area contributed by atoms with Gasteiger partial charge in [-0.15, -0.1) is 11.3 Å². The second kappa shape index (κ2) is 8.60. The lowest BCUT2D eigenvalue weighted by molar-refractivity contribution is -0.123. The van der Waals surface area contributed by atoms with E-state index in [1.807, 2.05) is 37.3 Å². The summed E-state index contributed by atoms with van der Waals surface area (Å²) in [5.41, 5.74) is 12.9. The third-order valence-electron chi connectivity index (χ3n) is 4.35. The van der Waals surface area contributed by atoms with Gasteiger partial charge < -0.3 is 0 Å². The molecule has 144 valence electrons. The number of aryl methyl sites for hydroxylation is 1. The van der Waals surface area contributed by atoms with Crippen LogP contribution in [0, 0.1) is 12.8 Å². The highest BCUT2D eigenvalue weighted by Gasteiger charge is 2.30. The third-order valence-corrected chi connectivity index (χ3v) is 5.53. The van der Waals surface area contributed by atoms with Crippen LogP contribution in [-0.2, 0) is 11.2 Å². The molecule has 0 saturated carbocycles. The molecule has 8 heteroatoms. The number of hydrogen-bond acceptors (Lipinski definition) is 6. The van der Waals surface area contributed by atoms with E-state index in [0.717, 1.165) is 17.0 Å². The Bertz CT molecular complexity index is 806. The molecule has 2 atom stereocenters. The van der Waals surface area contributed by atoms with Gasteiger partial charge in [0.05, 0.1) is 10.7 Å². The Kier molecular flexibility index (Phi) is 6.20. The molecule has 2 unspecified atom stereocenters. The van der Waals surface area contributed by atoms with E-state index < -0.39 is 6.04 Å². The summed E-state index contributed by atoms with van der Waals surface area (Å²) in [6.45, 7) is 6.04. The van der Waals surface area contributed by atoms with Crippen molar-refractivity contribution in [1.29, 1.82) is 0 Å². The Labute approximate surface area is 162 Å². The van der Waals surface area contributed by atoms with Gasteiger partial charge in [0.25, 0.3) is 11.8 Å². The molecule has 4 N–H and O–H groups in total. The van der Waals surface area contributed by atoms with Crippen LogP contribution in [0.5, 0.6) is 0 Å². The molecule has 1 aromatic carbocycles. The third kappa shape index (κ3) is 4.91. The first-order valence-corrected chi connectivity index (χ1v) is 9.88. The van der Waals surface area contributed by atoms with Crippen LogP contribution in [0.1, 0.15) is 52.2 Å². The second-order valence-corrected chi connectivity index (χ2v) is 8.19. The summed E-state index contributed by atoms with van der Waals surface area (Å²) in [5.74, 6) is -0.137. The first-order valence-electron chi connectivity index (χ1n) is 9.06. The van der Waals surface area contributed by atoms with Crippen molar-refractivity contribution in [2.24, 2.45) is 5.92 Å². The highest BCUT2D eigenvalue weighted by atomic mass is 32.1. The van der Waals surface area contributed by atoms with Gasteiger partial charge in [0, 0.05) is 12.5 Å². The van der Waals surface area contributed by atoms with Gasteiger partial charge in [0.1, 0.15) is 10.9 Å². The minimum Gasteiger partial charge on any atom is -0.271 e. The van der Waals surface area contributed by atoms with Crippen molar-refractivity contribution in [3.8, 4) is 0 Å². The number of rotatable bonds is 5. The maximum Gasteiger partial charge on any atom is 0.281 e. The second-order valence-electron chi connectivity index (χ2n) is 7.10. The summed E-state index contributed by atoms with van der Waals surface area (Å²) in [7, 11) is 0. The predicted molar refractivity (Wildman–Crippen MR) is 105 cm³/mol. The standard InChI is InChI=1S/C19H25N5O2S/c1-11(2)9-16-20-12(3)17(27-16)19(26)24-23-18(25)15-10-14(21-22-15)13-7-5-4-6-8-13/h4-8,11,14-15,21-22H,9-10H2,1-3H3,(H,23,25)(H,24,26). The van der Waals surface area contributed by atoms with E-state index in [-0.39, 0.29) is 17.9 Å². The molecule has 0 bridgehead atoms. The van der Waals surface area contributed by atoms with E-state index >= 15 is 0 Å². The molecular weight excluding hydrogens is 362 g/mol. The van der Waals surface area contributed by atoms with Crippen molar-refractivity contribution in [2.45, 2.75) is 45.7 Å². The lowest BCUT2D eigenvalue weighted by Crippen LogP contribution is -2.50. The number of thiazole rings is 1. The summed E-state index contributed by atoms with van der Waals surface area (Å²) in [4.78, 5) is 29.7. The van der Waals surface area contributed by atoms with Crippen LogP contribution in [0.4, 0.5) is 0 Å². The Morgan fingerprint density at radius 2 is 1.96 bits per heavy atom. The zero-order valence-corrected chi connectivity index (χ0v) is 16.5. The number of aromatic nitrogens is 1. The van der Waals surface area contributed by atoms with Gasteiger partial charge in [-0.05, 0) is 24.8 Å². The van der Waals surface area contributed by atoms with Gasteiger partial charge in [-0.25, -0.2) is 15.8 Å². The van der Waals surface area contributed by atoms with E-state index in [1.54, 1.807) is 0 Å². The van der Waals surface area contributed by atoms with E-state index in [4.69, 9.17) is 0 Å². The van der Waals surface area contributed by atoms with Gasteiger partial charge >= 0.3 is 0 Å². The fourth-order valence-corrected chi connectivity index (χ4v) is 4.17. The summed E-state index contributed by atoms with van der Waals surface area (Å²) in [6.07, 6.45) is 1.44. The number of nitrogens with one attached hydrogen (secondary N) is 4. The Morgan fingerprint density at radius 3 is 2.67 bits per heavy atom. The minimum atomic E-state index is -0.422. The van der Waals surface area contributed by atoms with E-state index in [0.29, 0.717) is 22.9 Å². The average Bonchev–Trinajstić information content (AvgIpc) is 3.27. The molecule has 0 spiro atoms. The van der Waals surface area contributed by atoms with Gasteiger partial charge in [0.2, 0.25) is 0 Å². The molecule has 2 heterocycles. The first kappa shape index (κ1) is 19.5. The van der Waals surface area contributed by atoms with Gasteiger partial charge in [-0.1, -0.05) is 44.2 Å². The zero-order chi connectivity index (χ0) is 19.4. The normalized spacial score (nSPS) is 19.3. The molecule has 1 aliphatic rings. The zero-order valence-electron chi connectivity index (χ0n) is 15.7. The number of nitrogens with zero attached hydrogens (tertiary/aromatic N) is 1. The van der Waals surface area contributed by atoms with Crippen LogP contribution in [-0.4, -0.2) is 22.8 Å². The molecule has 7 nitrogen and oxygen atoms in total. The lowest BCUT2D eigenvalue weighted by atomic mass is 10.0. The fourth-order valence-electron chi connectivity index (χ4n) is 2.99. The summed E-state index contributed by atoms with van der Waals surface area (Å²) < 4.78 is 0. The van der Waals surface area contributed by atoms with Crippen LogP contribution in [0.15, 0.2) is 30.3 Å². The molecule has 1 aliphatic heterocycles. The van der Waals surface area contributed by atoms with Gasteiger partial charge in [-0.3, -0.25) is 20.4 Å². The molecule has 3 rings (SSSR count). The van der Waals surface area contributed by atoms with E-state index in [2.05, 4.69) is 40.5 Å². The Morgan fingerprint density at radius 1 is 1.22 bits per heavy atom. The molecule has 1 aromatic heterocycles. The number of hydrazine groups is 2. The largest absolute Gasteiger partial charge is 0.281 e. The quantitative estimate of drug-likeness (QED) is 0.589. The Hall–Kier alpha value is -2.29. The Balaban J connectivity index is 1.52. The van der Waals surface area contributed by atoms with Crippen LogP contribution < -0.4 is 21.7 Å². The summed E-state index contributed by atoms with van der Waals surface area (Å²) >= 11 is 1.38. The number of hydrogen-bond donors (Lipinski definition) is 4.